The molecule has 0 aliphatic carbocycles. The van der Waals surface area contributed by atoms with E-state index in [-0.39, 0.29) is 0 Å². The number of oxazole rings is 1. The first kappa shape index (κ1) is 17.5. The minimum atomic E-state index is 0.538. The van der Waals surface area contributed by atoms with Crippen LogP contribution >= 0.6 is 11.8 Å². The predicted octanol–water partition coefficient (Wildman–Crippen LogP) is 5.47. The highest BCUT2D eigenvalue weighted by molar-refractivity contribution is 7.98. The standard InChI is InChI=1S/C22H16N4O2S/c1-3-8-16(9-4-1)19-14-23-20(28-19)15-29-22-25-24-21(18-12-7-13-27-18)26(22)17-10-5-2-6-11-17/h1-14H,15H2. The number of rotatable bonds is 6. The quantitative estimate of drug-likeness (QED) is 0.352. The second kappa shape index (κ2) is 7.81. The maximum Gasteiger partial charge on any atom is 0.205 e. The number of benzene rings is 2. The number of hydrogen-bond acceptors (Lipinski definition) is 6. The summed E-state index contributed by atoms with van der Waals surface area (Å²) in [5, 5.41) is 9.46. The Balaban J connectivity index is 1.43. The average molecular weight is 400 g/mol. The van der Waals surface area contributed by atoms with Crippen LogP contribution in [-0.4, -0.2) is 19.7 Å². The minimum Gasteiger partial charge on any atom is -0.461 e. The van der Waals surface area contributed by atoms with Gasteiger partial charge in [0.15, 0.2) is 16.7 Å². The van der Waals surface area contributed by atoms with Gasteiger partial charge in [-0.05, 0) is 24.3 Å². The van der Waals surface area contributed by atoms with Crippen LogP contribution in [0.1, 0.15) is 5.89 Å². The molecule has 0 radical (unpaired) electrons. The number of thioether (sulfide) groups is 1. The zero-order valence-electron chi connectivity index (χ0n) is 15.3. The summed E-state index contributed by atoms with van der Waals surface area (Å²) in [6.07, 6.45) is 3.38. The van der Waals surface area contributed by atoms with Gasteiger partial charge in [-0.25, -0.2) is 4.98 Å². The molecule has 0 atom stereocenters. The monoisotopic (exact) mass is 400 g/mol. The molecule has 0 fully saturated rings. The molecule has 0 aliphatic heterocycles. The highest BCUT2D eigenvalue weighted by Gasteiger charge is 2.18. The van der Waals surface area contributed by atoms with Gasteiger partial charge in [-0.2, -0.15) is 0 Å². The topological polar surface area (TPSA) is 69.9 Å². The Hall–Kier alpha value is -3.58. The Labute approximate surface area is 171 Å². The lowest BCUT2D eigenvalue weighted by Gasteiger charge is -2.08. The average Bonchev–Trinajstić information content (AvgIpc) is 3.54. The van der Waals surface area contributed by atoms with Crippen molar-refractivity contribution in [1.29, 1.82) is 0 Å². The first-order valence-corrected chi connectivity index (χ1v) is 10.0. The van der Waals surface area contributed by atoms with Gasteiger partial charge in [-0.3, -0.25) is 4.57 Å². The van der Waals surface area contributed by atoms with Crippen LogP contribution < -0.4 is 0 Å². The highest BCUT2D eigenvalue weighted by atomic mass is 32.2. The Morgan fingerprint density at radius 1 is 0.828 bits per heavy atom. The van der Waals surface area contributed by atoms with Crippen molar-refractivity contribution in [3.63, 3.8) is 0 Å². The van der Waals surface area contributed by atoms with Crippen LogP contribution in [0.3, 0.4) is 0 Å². The number of para-hydroxylation sites is 1. The number of aromatic nitrogens is 4. The van der Waals surface area contributed by atoms with Crippen molar-refractivity contribution in [3.05, 3.63) is 91.1 Å². The van der Waals surface area contributed by atoms with Crippen molar-refractivity contribution < 1.29 is 8.83 Å². The third-order valence-electron chi connectivity index (χ3n) is 4.33. The lowest BCUT2D eigenvalue weighted by molar-refractivity contribution is 0.529. The summed E-state index contributed by atoms with van der Waals surface area (Å²) in [7, 11) is 0. The van der Waals surface area contributed by atoms with E-state index < -0.39 is 0 Å². The lowest BCUT2D eigenvalue weighted by atomic mass is 10.2. The summed E-state index contributed by atoms with van der Waals surface area (Å²) >= 11 is 1.51. The summed E-state index contributed by atoms with van der Waals surface area (Å²) in [5.74, 6) is 3.24. The molecule has 5 rings (SSSR count). The molecule has 142 valence electrons. The molecule has 7 heteroatoms. The van der Waals surface area contributed by atoms with Crippen molar-refractivity contribution in [2.45, 2.75) is 10.9 Å². The van der Waals surface area contributed by atoms with Crippen LogP contribution in [0.2, 0.25) is 0 Å². The molecule has 0 amide bonds. The second-order valence-electron chi connectivity index (χ2n) is 6.23. The first-order valence-electron chi connectivity index (χ1n) is 9.06. The Kier molecular flexibility index (Phi) is 4.72. The third-order valence-corrected chi connectivity index (χ3v) is 5.24. The molecule has 2 aromatic carbocycles. The van der Waals surface area contributed by atoms with Gasteiger partial charge in [0.2, 0.25) is 11.7 Å². The van der Waals surface area contributed by atoms with Crippen LogP contribution in [0, 0.1) is 0 Å². The van der Waals surface area contributed by atoms with Crippen LogP contribution in [0.15, 0.2) is 99.2 Å². The molecule has 0 saturated heterocycles. The highest BCUT2D eigenvalue weighted by Crippen LogP contribution is 2.30. The van der Waals surface area contributed by atoms with Crippen molar-refractivity contribution in [1.82, 2.24) is 19.7 Å². The van der Waals surface area contributed by atoms with E-state index in [9.17, 15) is 0 Å². The van der Waals surface area contributed by atoms with Gasteiger partial charge in [0.05, 0.1) is 18.2 Å². The van der Waals surface area contributed by atoms with Gasteiger partial charge in [-0.1, -0.05) is 60.3 Å². The molecular formula is C22H16N4O2S. The molecule has 6 nitrogen and oxygen atoms in total. The molecule has 5 aromatic rings. The molecule has 3 aromatic heterocycles. The SMILES string of the molecule is c1ccc(-c2cnc(CSc3nnc(-c4ccco4)n3-c3ccccc3)o2)cc1. The lowest BCUT2D eigenvalue weighted by Crippen LogP contribution is -1.99. The predicted molar refractivity (Wildman–Crippen MR) is 111 cm³/mol. The third kappa shape index (κ3) is 3.60. The molecule has 0 aliphatic rings. The summed E-state index contributed by atoms with van der Waals surface area (Å²) in [6.45, 7) is 0. The minimum absolute atomic E-state index is 0.538. The zero-order valence-corrected chi connectivity index (χ0v) is 16.1. The maximum atomic E-state index is 5.91. The van der Waals surface area contributed by atoms with E-state index in [4.69, 9.17) is 8.83 Å². The van der Waals surface area contributed by atoms with Gasteiger partial charge in [-0.15, -0.1) is 10.2 Å². The summed E-state index contributed by atoms with van der Waals surface area (Å²) < 4.78 is 13.4. The van der Waals surface area contributed by atoms with Gasteiger partial charge >= 0.3 is 0 Å². The van der Waals surface area contributed by atoms with Crippen LogP contribution in [-0.2, 0) is 5.75 Å². The molecule has 0 bridgehead atoms. The van der Waals surface area contributed by atoms with Crippen molar-refractivity contribution in [3.8, 4) is 28.6 Å². The van der Waals surface area contributed by atoms with E-state index in [2.05, 4.69) is 15.2 Å². The summed E-state index contributed by atoms with van der Waals surface area (Å²) in [4.78, 5) is 4.40. The summed E-state index contributed by atoms with van der Waals surface area (Å²) in [5.41, 5.74) is 1.97. The van der Waals surface area contributed by atoms with Gasteiger partial charge in [0, 0.05) is 11.3 Å². The largest absolute Gasteiger partial charge is 0.461 e. The molecule has 0 N–H and O–H groups in total. The fourth-order valence-corrected chi connectivity index (χ4v) is 3.78. The number of nitrogens with zero attached hydrogens (tertiary/aromatic N) is 4. The molecule has 0 unspecified atom stereocenters. The van der Waals surface area contributed by atoms with Gasteiger partial charge in [0.25, 0.3) is 0 Å². The smallest absolute Gasteiger partial charge is 0.205 e. The summed E-state index contributed by atoms with van der Waals surface area (Å²) in [6, 6.07) is 23.6. The fraction of sp³-hybridized carbons (Fsp3) is 0.0455. The number of hydrogen-bond donors (Lipinski definition) is 0. The molecule has 29 heavy (non-hydrogen) atoms. The Bertz CT molecular complexity index is 1200. The van der Waals surface area contributed by atoms with Gasteiger partial charge in [0.1, 0.15) is 0 Å². The van der Waals surface area contributed by atoms with E-state index in [1.54, 1.807) is 12.5 Å². The van der Waals surface area contributed by atoms with E-state index >= 15 is 0 Å². The molecule has 0 saturated carbocycles. The fourth-order valence-electron chi connectivity index (χ4n) is 2.98. The Morgan fingerprint density at radius 2 is 1.62 bits per heavy atom. The van der Waals surface area contributed by atoms with E-state index in [1.165, 1.54) is 11.8 Å². The second-order valence-corrected chi connectivity index (χ2v) is 7.17. The van der Waals surface area contributed by atoms with Crippen molar-refractivity contribution in [2.75, 3.05) is 0 Å². The Morgan fingerprint density at radius 3 is 2.38 bits per heavy atom. The molecule has 3 heterocycles. The van der Waals surface area contributed by atoms with Crippen LogP contribution in [0.4, 0.5) is 0 Å². The molecule has 0 spiro atoms. The van der Waals surface area contributed by atoms with Crippen molar-refractivity contribution >= 4 is 11.8 Å². The van der Waals surface area contributed by atoms with E-state index in [0.29, 0.717) is 23.2 Å². The first-order chi connectivity index (χ1) is 14.4. The van der Waals surface area contributed by atoms with Crippen LogP contribution in [0.25, 0.3) is 28.6 Å². The molecular weight excluding hydrogens is 384 g/mol. The van der Waals surface area contributed by atoms with E-state index in [1.807, 2.05) is 77.4 Å². The number of furan rings is 1. The normalized spacial score (nSPS) is 11.0. The van der Waals surface area contributed by atoms with Gasteiger partial charge < -0.3 is 8.83 Å². The van der Waals surface area contributed by atoms with E-state index in [0.717, 1.165) is 22.2 Å². The zero-order chi connectivity index (χ0) is 19.5. The van der Waals surface area contributed by atoms with Crippen LogP contribution in [0.5, 0.6) is 0 Å². The van der Waals surface area contributed by atoms with Crippen molar-refractivity contribution in [2.24, 2.45) is 0 Å². The maximum absolute atomic E-state index is 5.91.